The number of guanidine groups is 1. The van der Waals surface area contributed by atoms with Gasteiger partial charge in [-0.15, -0.1) is 22.7 Å². The maximum Gasteiger partial charge on any atom is 0.197 e. The number of nitrogens with zero attached hydrogens (tertiary/aromatic N) is 4. The van der Waals surface area contributed by atoms with Crippen LogP contribution < -0.4 is 10.6 Å². The molecular formula is C15H13ClN6S2. The van der Waals surface area contributed by atoms with Gasteiger partial charge in [-0.3, -0.25) is 9.98 Å². The van der Waals surface area contributed by atoms with Gasteiger partial charge in [0.05, 0.1) is 5.02 Å². The number of halogens is 1. The van der Waals surface area contributed by atoms with E-state index in [1.807, 2.05) is 16.8 Å². The molecule has 4 heterocycles. The van der Waals surface area contributed by atoms with Gasteiger partial charge in [0.25, 0.3) is 0 Å². The van der Waals surface area contributed by atoms with Crippen molar-refractivity contribution in [3.05, 3.63) is 34.2 Å². The Morgan fingerprint density at radius 3 is 2.88 bits per heavy atom. The summed E-state index contributed by atoms with van der Waals surface area (Å²) in [7, 11) is 0. The number of hydrogen-bond acceptors (Lipinski definition) is 8. The molecule has 24 heavy (non-hydrogen) atoms. The van der Waals surface area contributed by atoms with E-state index in [2.05, 4.69) is 30.6 Å². The van der Waals surface area contributed by atoms with Gasteiger partial charge in [0.15, 0.2) is 11.1 Å². The third-order valence-corrected chi connectivity index (χ3v) is 5.33. The molecule has 2 N–H and O–H groups in total. The van der Waals surface area contributed by atoms with Crippen molar-refractivity contribution in [2.45, 2.75) is 6.42 Å². The predicted octanol–water partition coefficient (Wildman–Crippen LogP) is 3.74. The second kappa shape index (κ2) is 6.84. The number of aliphatic imine (C=N–C) groups is 1. The van der Waals surface area contributed by atoms with E-state index < -0.39 is 0 Å². The maximum atomic E-state index is 6.19. The van der Waals surface area contributed by atoms with Crippen LogP contribution in [-0.2, 0) is 0 Å². The van der Waals surface area contributed by atoms with E-state index in [0.29, 0.717) is 5.02 Å². The van der Waals surface area contributed by atoms with Crippen LogP contribution in [0.4, 0.5) is 5.13 Å². The highest BCUT2D eigenvalue weighted by Gasteiger charge is 2.13. The van der Waals surface area contributed by atoms with Crippen LogP contribution in [-0.4, -0.2) is 34.0 Å². The Labute approximate surface area is 151 Å². The molecule has 3 aromatic heterocycles. The zero-order chi connectivity index (χ0) is 16.4. The maximum absolute atomic E-state index is 6.19. The van der Waals surface area contributed by atoms with Gasteiger partial charge in [-0.2, -0.15) is 0 Å². The fourth-order valence-electron chi connectivity index (χ4n) is 2.23. The van der Waals surface area contributed by atoms with Gasteiger partial charge in [0.1, 0.15) is 16.4 Å². The van der Waals surface area contributed by atoms with Crippen LogP contribution in [0.2, 0.25) is 5.02 Å². The molecule has 0 fully saturated rings. The van der Waals surface area contributed by atoms with E-state index in [1.54, 1.807) is 23.7 Å². The minimum Gasteiger partial charge on any atom is -0.356 e. The van der Waals surface area contributed by atoms with Crippen LogP contribution in [0.3, 0.4) is 0 Å². The van der Waals surface area contributed by atoms with Crippen molar-refractivity contribution < 1.29 is 0 Å². The SMILES string of the molecule is Clc1cnccc1-c1nc(-c2csc(NC3=NCCCN3)n2)cs1. The molecular weight excluding hydrogens is 364 g/mol. The molecule has 9 heteroatoms. The fourth-order valence-corrected chi connectivity index (χ4v) is 4.05. The van der Waals surface area contributed by atoms with E-state index in [4.69, 9.17) is 11.6 Å². The van der Waals surface area contributed by atoms with Gasteiger partial charge in [0, 0.05) is 41.8 Å². The zero-order valence-corrected chi connectivity index (χ0v) is 14.9. The summed E-state index contributed by atoms with van der Waals surface area (Å²) in [6, 6.07) is 1.87. The van der Waals surface area contributed by atoms with Gasteiger partial charge in [-0.1, -0.05) is 11.6 Å². The fraction of sp³-hybridized carbons (Fsp3) is 0.200. The summed E-state index contributed by atoms with van der Waals surface area (Å²) >= 11 is 9.26. The summed E-state index contributed by atoms with van der Waals surface area (Å²) in [5.74, 6) is 0.782. The van der Waals surface area contributed by atoms with Crippen molar-refractivity contribution in [2.24, 2.45) is 4.99 Å². The van der Waals surface area contributed by atoms with Crippen molar-refractivity contribution in [2.75, 3.05) is 18.4 Å². The third-order valence-electron chi connectivity index (χ3n) is 3.40. The molecule has 0 atom stereocenters. The highest BCUT2D eigenvalue weighted by Crippen LogP contribution is 2.33. The molecule has 1 aliphatic heterocycles. The smallest absolute Gasteiger partial charge is 0.197 e. The molecule has 122 valence electrons. The van der Waals surface area contributed by atoms with E-state index >= 15 is 0 Å². The van der Waals surface area contributed by atoms with Crippen molar-refractivity contribution >= 4 is 45.4 Å². The largest absolute Gasteiger partial charge is 0.356 e. The molecule has 4 rings (SSSR count). The van der Waals surface area contributed by atoms with Gasteiger partial charge < -0.3 is 10.6 Å². The lowest BCUT2D eigenvalue weighted by atomic mass is 10.3. The standard InChI is InChI=1S/C15H13ClN6S2/c16-10-6-17-5-2-9(10)13-20-11(7-23-13)12-8-24-15(21-12)22-14-18-3-1-4-19-14/h2,5-8H,1,3-4H2,(H2,18,19,21,22). The second-order valence-corrected chi connectivity index (χ2v) is 7.19. The first-order valence-electron chi connectivity index (χ1n) is 7.36. The van der Waals surface area contributed by atoms with Crippen molar-refractivity contribution in [3.63, 3.8) is 0 Å². The van der Waals surface area contributed by atoms with Crippen molar-refractivity contribution in [1.29, 1.82) is 0 Å². The first kappa shape index (κ1) is 15.5. The van der Waals surface area contributed by atoms with E-state index in [1.165, 1.54) is 11.3 Å². The molecule has 0 amide bonds. The minimum absolute atomic E-state index is 0.598. The molecule has 3 aromatic rings. The van der Waals surface area contributed by atoms with Crippen LogP contribution in [0.1, 0.15) is 6.42 Å². The molecule has 1 aliphatic rings. The summed E-state index contributed by atoms with van der Waals surface area (Å²) < 4.78 is 0. The molecule has 0 unspecified atom stereocenters. The van der Waals surface area contributed by atoms with E-state index in [-0.39, 0.29) is 0 Å². The number of hydrogen-bond donors (Lipinski definition) is 2. The highest BCUT2D eigenvalue weighted by molar-refractivity contribution is 7.14. The van der Waals surface area contributed by atoms with Crippen LogP contribution in [0.25, 0.3) is 22.0 Å². The van der Waals surface area contributed by atoms with Gasteiger partial charge in [0.2, 0.25) is 0 Å². The summed E-state index contributed by atoms with van der Waals surface area (Å²) in [4.78, 5) is 17.6. The lowest BCUT2D eigenvalue weighted by Gasteiger charge is -2.13. The van der Waals surface area contributed by atoms with Crippen LogP contribution >= 0.6 is 34.3 Å². The summed E-state index contributed by atoms with van der Waals surface area (Å²) in [5.41, 5.74) is 2.56. The Hall–Kier alpha value is -2.03. The lowest BCUT2D eigenvalue weighted by Crippen LogP contribution is -2.35. The third kappa shape index (κ3) is 3.26. The Bertz CT molecular complexity index is 887. The van der Waals surface area contributed by atoms with Crippen molar-refractivity contribution in [3.8, 4) is 22.0 Å². The number of thiazole rings is 2. The van der Waals surface area contributed by atoms with Crippen LogP contribution in [0.15, 0.2) is 34.2 Å². The van der Waals surface area contributed by atoms with Crippen LogP contribution in [0.5, 0.6) is 0 Å². The Kier molecular flexibility index (Phi) is 4.42. The molecule has 0 saturated carbocycles. The van der Waals surface area contributed by atoms with Crippen LogP contribution in [0, 0.1) is 0 Å². The summed E-state index contributed by atoms with van der Waals surface area (Å²) in [6.07, 6.45) is 4.40. The highest BCUT2D eigenvalue weighted by atomic mass is 35.5. The Balaban J connectivity index is 1.55. The number of nitrogens with one attached hydrogen (secondary N) is 2. The first-order valence-corrected chi connectivity index (χ1v) is 9.50. The molecule has 0 radical (unpaired) electrons. The molecule has 0 aliphatic carbocycles. The molecule has 6 nitrogen and oxygen atoms in total. The Morgan fingerprint density at radius 2 is 2.04 bits per heavy atom. The molecule has 0 spiro atoms. The normalized spacial score (nSPS) is 14.1. The number of pyridine rings is 1. The lowest BCUT2D eigenvalue weighted by molar-refractivity contribution is 0.740. The van der Waals surface area contributed by atoms with Gasteiger partial charge >= 0.3 is 0 Å². The monoisotopic (exact) mass is 376 g/mol. The topological polar surface area (TPSA) is 75.1 Å². The summed E-state index contributed by atoms with van der Waals surface area (Å²) in [5, 5.41) is 12.7. The number of aromatic nitrogens is 3. The molecule has 0 aromatic carbocycles. The Morgan fingerprint density at radius 1 is 1.17 bits per heavy atom. The van der Waals surface area contributed by atoms with Gasteiger partial charge in [-0.25, -0.2) is 9.97 Å². The average molecular weight is 377 g/mol. The second-order valence-electron chi connectivity index (χ2n) is 5.07. The minimum atomic E-state index is 0.598. The predicted molar refractivity (Wildman–Crippen MR) is 100 cm³/mol. The van der Waals surface area contributed by atoms with Crippen molar-refractivity contribution in [1.82, 2.24) is 20.3 Å². The van der Waals surface area contributed by atoms with Gasteiger partial charge in [-0.05, 0) is 12.5 Å². The van der Waals surface area contributed by atoms with E-state index in [9.17, 15) is 0 Å². The zero-order valence-electron chi connectivity index (χ0n) is 12.5. The average Bonchev–Trinajstić information content (AvgIpc) is 3.25. The van der Waals surface area contributed by atoms with E-state index in [0.717, 1.165) is 52.6 Å². The number of anilines is 1. The molecule has 0 bridgehead atoms. The summed E-state index contributed by atoms with van der Waals surface area (Å²) in [6.45, 7) is 1.78. The molecule has 0 saturated heterocycles. The quantitative estimate of drug-likeness (QED) is 0.728. The first-order chi connectivity index (χ1) is 11.8. The number of rotatable bonds is 3.